The van der Waals surface area contributed by atoms with E-state index in [9.17, 15) is 0 Å². The predicted molar refractivity (Wildman–Crippen MR) is 78.8 cm³/mol. The Morgan fingerprint density at radius 2 is 2.38 bits per heavy atom. The highest BCUT2D eigenvalue weighted by atomic mass is 32.2. The van der Waals surface area contributed by atoms with Crippen molar-refractivity contribution in [2.45, 2.75) is 31.8 Å². The van der Waals surface area contributed by atoms with Crippen LogP contribution in [-0.4, -0.2) is 60.6 Å². The van der Waals surface area contributed by atoms with Gasteiger partial charge in [0.05, 0.1) is 0 Å². The van der Waals surface area contributed by atoms with Crippen molar-refractivity contribution in [2.24, 2.45) is 0 Å². The van der Waals surface area contributed by atoms with Crippen molar-refractivity contribution in [1.29, 1.82) is 0 Å². The van der Waals surface area contributed by atoms with Crippen LogP contribution in [0, 0.1) is 0 Å². The summed E-state index contributed by atoms with van der Waals surface area (Å²) in [6.45, 7) is 4.73. The molecule has 0 radical (unpaired) electrons. The number of hydrogen-bond donors (Lipinski definition) is 1. The van der Waals surface area contributed by atoms with Gasteiger partial charge in [-0.2, -0.15) is 23.5 Å². The second-order valence-electron chi connectivity index (χ2n) is 4.51. The molecule has 0 saturated carbocycles. The Morgan fingerprint density at radius 3 is 2.94 bits per heavy atom. The molecule has 1 fully saturated rings. The summed E-state index contributed by atoms with van der Waals surface area (Å²) in [5, 5.41) is 3.61. The molecule has 2 unspecified atom stereocenters. The highest BCUT2D eigenvalue weighted by Gasteiger charge is 2.16. The SMILES string of the molecule is CCC(CSC)N(C)CCC1CSCCN1. The summed E-state index contributed by atoms with van der Waals surface area (Å²) in [7, 11) is 2.28. The maximum Gasteiger partial charge on any atom is 0.0180 e. The zero-order chi connectivity index (χ0) is 11.8. The van der Waals surface area contributed by atoms with Crippen molar-refractivity contribution in [3.8, 4) is 0 Å². The topological polar surface area (TPSA) is 15.3 Å². The van der Waals surface area contributed by atoms with E-state index in [0.717, 1.165) is 12.1 Å². The van der Waals surface area contributed by atoms with Gasteiger partial charge in [0.2, 0.25) is 0 Å². The summed E-state index contributed by atoms with van der Waals surface area (Å²) in [5.74, 6) is 3.85. The van der Waals surface area contributed by atoms with Crippen LogP contribution in [0.2, 0.25) is 0 Å². The largest absolute Gasteiger partial charge is 0.312 e. The van der Waals surface area contributed by atoms with Crippen molar-refractivity contribution in [3.05, 3.63) is 0 Å². The predicted octanol–water partition coefficient (Wildman–Crippen LogP) is 2.15. The van der Waals surface area contributed by atoms with Gasteiger partial charge >= 0.3 is 0 Å². The number of thioether (sulfide) groups is 2. The van der Waals surface area contributed by atoms with Gasteiger partial charge in [-0.15, -0.1) is 0 Å². The molecular formula is C12H26N2S2. The number of nitrogens with one attached hydrogen (secondary N) is 1. The molecule has 1 aliphatic heterocycles. The minimum atomic E-state index is 0.744. The number of rotatable bonds is 7. The molecule has 0 aromatic rings. The van der Waals surface area contributed by atoms with E-state index in [1.807, 2.05) is 11.8 Å². The minimum absolute atomic E-state index is 0.744. The Morgan fingerprint density at radius 1 is 1.56 bits per heavy atom. The lowest BCUT2D eigenvalue weighted by Crippen LogP contribution is -2.41. The lowest BCUT2D eigenvalue weighted by atomic mass is 10.2. The van der Waals surface area contributed by atoms with Crippen LogP contribution in [0.4, 0.5) is 0 Å². The van der Waals surface area contributed by atoms with Gasteiger partial charge in [0.15, 0.2) is 0 Å². The van der Waals surface area contributed by atoms with Gasteiger partial charge in [-0.3, -0.25) is 0 Å². The molecule has 0 aromatic heterocycles. The van der Waals surface area contributed by atoms with Crippen LogP contribution in [-0.2, 0) is 0 Å². The molecule has 4 heteroatoms. The van der Waals surface area contributed by atoms with Crippen LogP contribution in [0.25, 0.3) is 0 Å². The molecule has 0 aliphatic carbocycles. The van der Waals surface area contributed by atoms with E-state index in [-0.39, 0.29) is 0 Å². The monoisotopic (exact) mass is 262 g/mol. The first-order chi connectivity index (χ1) is 7.77. The molecule has 16 heavy (non-hydrogen) atoms. The maximum atomic E-state index is 3.61. The molecule has 1 N–H and O–H groups in total. The van der Waals surface area contributed by atoms with Gasteiger partial charge in [-0.25, -0.2) is 0 Å². The van der Waals surface area contributed by atoms with E-state index >= 15 is 0 Å². The molecule has 0 spiro atoms. The average molecular weight is 262 g/mol. The van der Waals surface area contributed by atoms with E-state index in [4.69, 9.17) is 0 Å². The van der Waals surface area contributed by atoms with Crippen molar-refractivity contribution in [2.75, 3.05) is 43.7 Å². The third kappa shape index (κ3) is 5.30. The Kier molecular flexibility index (Phi) is 7.96. The zero-order valence-corrected chi connectivity index (χ0v) is 12.5. The third-order valence-electron chi connectivity index (χ3n) is 3.28. The second kappa shape index (κ2) is 8.67. The molecule has 0 aromatic carbocycles. The Hall–Kier alpha value is 0.620. The van der Waals surface area contributed by atoms with E-state index in [2.05, 4.69) is 42.2 Å². The van der Waals surface area contributed by atoms with Crippen LogP contribution in [0.15, 0.2) is 0 Å². The van der Waals surface area contributed by atoms with E-state index in [0.29, 0.717) is 0 Å². The standard InChI is InChI=1S/C12H26N2S2/c1-4-12(10-15-3)14(2)7-5-11-9-16-8-6-13-11/h11-13H,4-10H2,1-3H3. The summed E-state index contributed by atoms with van der Waals surface area (Å²) in [6.07, 6.45) is 4.77. The second-order valence-corrected chi connectivity index (χ2v) is 6.57. The molecule has 1 aliphatic rings. The average Bonchev–Trinajstić information content (AvgIpc) is 2.34. The van der Waals surface area contributed by atoms with Gasteiger partial charge in [0.1, 0.15) is 0 Å². The maximum absolute atomic E-state index is 3.61. The smallest absolute Gasteiger partial charge is 0.0180 e. The minimum Gasteiger partial charge on any atom is -0.312 e. The lowest BCUT2D eigenvalue weighted by Gasteiger charge is -2.30. The molecule has 2 atom stereocenters. The van der Waals surface area contributed by atoms with Crippen molar-refractivity contribution in [3.63, 3.8) is 0 Å². The zero-order valence-electron chi connectivity index (χ0n) is 10.9. The third-order valence-corrected chi connectivity index (χ3v) is 5.13. The lowest BCUT2D eigenvalue weighted by molar-refractivity contribution is 0.243. The van der Waals surface area contributed by atoms with E-state index in [1.165, 1.54) is 43.2 Å². The molecule has 0 amide bonds. The first-order valence-corrected chi connectivity index (χ1v) is 8.83. The van der Waals surface area contributed by atoms with Crippen LogP contribution in [0.5, 0.6) is 0 Å². The summed E-state index contributed by atoms with van der Waals surface area (Å²) < 4.78 is 0. The fraction of sp³-hybridized carbons (Fsp3) is 1.00. The van der Waals surface area contributed by atoms with Crippen LogP contribution < -0.4 is 5.32 Å². The van der Waals surface area contributed by atoms with E-state index < -0.39 is 0 Å². The molecule has 96 valence electrons. The Balaban J connectivity index is 2.18. The van der Waals surface area contributed by atoms with Crippen molar-refractivity contribution < 1.29 is 0 Å². The number of hydrogen-bond acceptors (Lipinski definition) is 4. The van der Waals surface area contributed by atoms with Gasteiger partial charge in [0, 0.05) is 35.9 Å². The summed E-state index contributed by atoms with van der Waals surface area (Å²) in [6, 6.07) is 1.50. The Bertz CT molecular complexity index is 172. The molecular weight excluding hydrogens is 236 g/mol. The molecule has 1 heterocycles. The summed E-state index contributed by atoms with van der Waals surface area (Å²) in [4.78, 5) is 2.54. The molecule has 1 rings (SSSR count). The van der Waals surface area contributed by atoms with Gasteiger partial charge in [-0.05, 0) is 32.7 Å². The number of nitrogens with zero attached hydrogens (tertiary/aromatic N) is 1. The highest BCUT2D eigenvalue weighted by Crippen LogP contribution is 2.13. The Labute approximate surface area is 109 Å². The molecule has 1 saturated heterocycles. The normalized spacial score (nSPS) is 23.6. The van der Waals surface area contributed by atoms with Gasteiger partial charge in [0.25, 0.3) is 0 Å². The first kappa shape index (κ1) is 14.7. The van der Waals surface area contributed by atoms with Crippen LogP contribution in [0.1, 0.15) is 19.8 Å². The van der Waals surface area contributed by atoms with Gasteiger partial charge in [-0.1, -0.05) is 6.92 Å². The molecule has 2 nitrogen and oxygen atoms in total. The van der Waals surface area contributed by atoms with Crippen LogP contribution >= 0.6 is 23.5 Å². The first-order valence-electron chi connectivity index (χ1n) is 6.28. The fourth-order valence-electron chi connectivity index (χ4n) is 2.10. The van der Waals surface area contributed by atoms with Crippen LogP contribution in [0.3, 0.4) is 0 Å². The van der Waals surface area contributed by atoms with Crippen molar-refractivity contribution >= 4 is 23.5 Å². The highest BCUT2D eigenvalue weighted by molar-refractivity contribution is 7.99. The fourth-order valence-corrected chi connectivity index (χ4v) is 3.97. The quantitative estimate of drug-likeness (QED) is 0.756. The van der Waals surface area contributed by atoms with Gasteiger partial charge < -0.3 is 10.2 Å². The summed E-state index contributed by atoms with van der Waals surface area (Å²) in [5.41, 5.74) is 0. The van der Waals surface area contributed by atoms with E-state index in [1.54, 1.807) is 0 Å². The molecule has 0 bridgehead atoms. The van der Waals surface area contributed by atoms with Crippen molar-refractivity contribution in [1.82, 2.24) is 10.2 Å². The summed E-state index contributed by atoms with van der Waals surface area (Å²) >= 11 is 4.06.